The lowest BCUT2D eigenvalue weighted by molar-refractivity contribution is 0.322. The molecule has 1 aliphatic carbocycles. The molecule has 0 radical (unpaired) electrons. The van der Waals surface area contributed by atoms with Gasteiger partial charge in [0.05, 0.1) is 15.9 Å². The van der Waals surface area contributed by atoms with Crippen molar-refractivity contribution in [1.82, 2.24) is 15.1 Å². The van der Waals surface area contributed by atoms with Crippen LogP contribution in [-0.4, -0.2) is 23.4 Å². The van der Waals surface area contributed by atoms with E-state index in [1.54, 1.807) is 0 Å². The Morgan fingerprint density at radius 1 is 1.44 bits per heavy atom. The number of halogens is 1. The molecule has 1 heterocycles. The average molecular weight is 314 g/mol. The molecular formula is C14H24BrN3. The lowest BCUT2D eigenvalue weighted by atomic mass is 9.87. The predicted octanol–water partition coefficient (Wildman–Crippen LogP) is 3.06. The van der Waals surface area contributed by atoms with Crippen LogP contribution in [0.1, 0.15) is 37.1 Å². The number of rotatable bonds is 5. The van der Waals surface area contributed by atoms with Gasteiger partial charge in [0.15, 0.2) is 0 Å². The van der Waals surface area contributed by atoms with Gasteiger partial charge in [-0.25, -0.2) is 0 Å². The van der Waals surface area contributed by atoms with Crippen LogP contribution < -0.4 is 5.32 Å². The van der Waals surface area contributed by atoms with Crippen molar-refractivity contribution >= 4 is 15.9 Å². The Labute approximate surface area is 118 Å². The summed E-state index contributed by atoms with van der Waals surface area (Å²) in [5.41, 5.74) is 2.45. The molecule has 1 fully saturated rings. The van der Waals surface area contributed by atoms with Crippen molar-refractivity contribution in [2.45, 2.75) is 39.0 Å². The Kier molecular flexibility index (Phi) is 4.84. The zero-order valence-corrected chi connectivity index (χ0v) is 13.3. The minimum Gasteiger partial charge on any atom is -0.319 e. The zero-order valence-electron chi connectivity index (χ0n) is 11.7. The smallest absolute Gasteiger partial charge is 0.0738 e. The molecule has 0 saturated heterocycles. The van der Waals surface area contributed by atoms with Crippen LogP contribution in [0.5, 0.6) is 0 Å². The van der Waals surface area contributed by atoms with Crippen LogP contribution in [-0.2, 0) is 13.5 Å². The number of hydrogen-bond donors (Lipinski definition) is 1. The first-order chi connectivity index (χ1) is 8.63. The van der Waals surface area contributed by atoms with Crippen molar-refractivity contribution < 1.29 is 0 Å². The summed E-state index contributed by atoms with van der Waals surface area (Å²) < 4.78 is 3.24. The Morgan fingerprint density at radius 2 is 2.11 bits per heavy atom. The maximum atomic E-state index is 4.50. The first-order valence-electron chi connectivity index (χ1n) is 6.96. The van der Waals surface area contributed by atoms with Crippen molar-refractivity contribution in [2.24, 2.45) is 18.9 Å². The molecule has 1 saturated carbocycles. The van der Waals surface area contributed by atoms with Gasteiger partial charge in [0, 0.05) is 7.05 Å². The standard InChI is InChI=1S/C14H24BrN3/c1-10-14(15)13(18(3)17-10)8-12(9-16-2)11-6-4-5-7-11/h11-12,16H,4-9H2,1-3H3. The highest BCUT2D eigenvalue weighted by Crippen LogP contribution is 2.34. The maximum Gasteiger partial charge on any atom is 0.0738 e. The summed E-state index contributed by atoms with van der Waals surface area (Å²) >= 11 is 3.69. The molecule has 4 heteroatoms. The largest absolute Gasteiger partial charge is 0.319 e. The molecule has 1 aromatic heterocycles. The van der Waals surface area contributed by atoms with Gasteiger partial charge in [0.1, 0.15) is 0 Å². The second-order valence-electron chi connectivity index (χ2n) is 5.54. The van der Waals surface area contributed by atoms with Crippen molar-refractivity contribution in [3.63, 3.8) is 0 Å². The molecule has 1 unspecified atom stereocenters. The van der Waals surface area contributed by atoms with Crippen LogP contribution in [0.25, 0.3) is 0 Å². The van der Waals surface area contributed by atoms with Crippen LogP contribution in [0.3, 0.4) is 0 Å². The lowest BCUT2D eigenvalue weighted by Crippen LogP contribution is -2.27. The van der Waals surface area contributed by atoms with E-state index in [-0.39, 0.29) is 0 Å². The van der Waals surface area contributed by atoms with Crippen LogP contribution >= 0.6 is 15.9 Å². The van der Waals surface area contributed by atoms with E-state index in [0.717, 1.165) is 30.5 Å². The molecule has 1 atom stereocenters. The molecular weight excluding hydrogens is 290 g/mol. The summed E-state index contributed by atoms with van der Waals surface area (Å²) in [7, 11) is 4.11. The van der Waals surface area contributed by atoms with E-state index in [0.29, 0.717) is 0 Å². The predicted molar refractivity (Wildman–Crippen MR) is 78.7 cm³/mol. The monoisotopic (exact) mass is 313 g/mol. The lowest BCUT2D eigenvalue weighted by Gasteiger charge is -2.23. The van der Waals surface area contributed by atoms with Gasteiger partial charge in [-0.15, -0.1) is 0 Å². The second kappa shape index (κ2) is 6.20. The molecule has 2 rings (SSSR count). The van der Waals surface area contributed by atoms with Crippen LogP contribution in [0.4, 0.5) is 0 Å². The van der Waals surface area contributed by atoms with E-state index in [9.17, 15) is 0 Å². The van der Waals surface area contributed by atoms with E-state index in [4.69, 9.17) is 0 Å². The van der Waals surface area contributed by atoms with E-state index in [2.05, 4.69) is 47.4 Å². The summed E-state index contributed by atoms with van der Waals surface area (Å²) in [6.45, 7) is 3.18. The summed E-state index contributed by atoms with van der Waals surface area (Å²) in [5.74, 6) is 1.63. The molecule has 1 aliphatic rings. The number of hydrogen-bond acceptors (Lipinski definition) is 2. The van der Waals surface area contributed by atoms with Gasteiger partial charge in [-0.2, -0.15) is 5.10 Å². The molecule has 3 nitrogen and oxygen atoms in total. The van der Waals surface area contributed by atoms with Gasteiger partial charge in [0.25, 0.3) is 0 Å². The molecule has 1 aromatic rings. The SMILES string of the molecule is CNCC(Cc1c(Br)c(C)nn1C)C1CCCC1. The molecule has 0 aromatic carbocycles. The summed E-state index contributed by atoms with van der Waals surface area (Å²) in [6.07, 6.45) is 6.76. The van der Waals surface area contributed by atoms with Crippen LogP contribution in [0.15, 0.2) is 4.47 Å². The topological polar surface area (TPSA) is 29.9 Å². The van der Waals surface area contributed by atoms with E-state index >= 15 is 0 Å². The van der Waals surface area contributed by atoms with Crippen LogP contribution in [0, 0.1) is 18.8 Å². The van der Waals surface area contributed by atoms with Gasteiger partial charge in [-0.3, -0.25) is 4.68 Å². The Hall–Kier alpha value is -0.350. The minimum absolute atomic E-state index is 0.739. The molecule has 18 heavy (non-hydrogen) atoms. The quantitative estimate of drug-likeness (QED) is 0.905. The molecule has 0 spiro atoms. The molecule has 0 aliphatic heterocycles. The molecule has 102 valence electrons. The fourth-order valence-electron chi connectivity index (χ4n) is 3.25. The Morgan fingerprint density at radius 3 is 2.61 bits per heavy atom. The number of aryl methyl sites for hydroxylation is 2. The third-order valence-corrected chi connectivity index (χ3v) is 5.28. The third kappa shape index (κ3) is 2.97. The number of aromatic nitrogens is 2. The van der Waals surface area contributed by atoms with Gasteiger partial charge < -0.3 is 5.32 Å². The van der Waals surface area contributed by atoms with Gasteiger partial charge in [-0.1, -0.05) is 25.7 Å². The first-order valence-corrected chi connectivity index (χ1v) is 7.75. The number of nitrogens with one attached hydrogen (secondary N) is 1. The van der Waals surface area contributed by atoms with Crippen molar-refractivity contribution in [3.05, 3.63) is 15.9 Å². The Bertz CT molecular complexity index is 394. The average Bonchev–Trinajstić information content (AvgIpc) is 2.93. The molecule has 1 N–H and O–H groups in total. The van der Waals surface area contributed by atoms with Crippen molar-refractivity contribution in [3.8, 4) is 0 Å². The third-order valence-electron chi connectivity index (χ3n) is 4.25. The normalized spacial score (nSPS) is 18.4. The molecule has 0 bridgehead atoms. The van der Waals surface area contributed by atoms with Gasteiger partial charge in [0.2, 0.25) is 0 Å². The fourth-order valence-corrected chi connectivity index (χ4v) is 3.74. The van der Waals surface area contributed by atoms with Crippen LogP contribution in [0.2, 0.25) is 0 Å². The Balaban J connectivity index is 2.12. The zero-order chi connectivity index (χ0) is 13.1. The van der Waals surface area contributed by atoms with Gasteiger partial charge in [-0.05, 0) is 54.7 Å². The van der Waals surface area contributed by atoms with Gasteiger partial charge >= 0.3 is 0 Å². The van der Waals surface area contributed by atoms with E-state index in [1.807, 2.05) is 4.68 Å². The maximum absolute atomic E-state index is 4.50. The van der Waals surface area contributed by atoms with E-state index in [1.165, 1.54) is 35.8 Å². The minimum atomic E-state index is 0.739. The fraction of sp³-hybridized carbons (Fsp3) is 0.786. The second-order valence-corrected chi connectivity index (χ2v) is 6.33. The highest BCUT2D eigenvalue weighted by molar-refractivity contribution is 9.10. The highest BCUT2D eigenvalue weighted by atomic mass is 79.9. The number of nitrogens with zero attached hydrogens (tertiary/aromatic N) is 2. The summed E-state index contributed by atoms with van der Waals surface area (Å²) in [5, 5.41) is 7.87. The summed E-state index contributed by atoms with van der Waals surface area (Å²) in [4.78, 5) is 0. The van der Waals surface area contributed by atoms with E-state index < -0.39 is 0 Å². The summed E-state index contributed by atoms with van der Waals surface area (Å²) in [6, 6.07) is 0. The first kappa shape index (κ1) is 14.1. The highest BCUT2D eigenvalue weighted by Gasteiger charge is 2.26. The molecule has 0 amide bonds. The van der Waals surface area contributed by atoms with Crippen molar-refractivity contribution in [2.75, 3.05) is 13.6 Å². The van der Waals surface area contributed by atoms with Crippen molar-refractivity contribution in [1.29, 1.82) is 0 Å².